The Morgan fingerprint density at radius 2 is 1.81 bits per heavy atom. The minimum absolute atomic E-state index is 0.00191. The molecule has 4 aromatic rings. The van der Waals surface area contributed by atoms with Crippen molar-refractivity contribution in [2.45, 2.75) is 34.5 Å². The van der Waals surface area contributed by atoms with Gasteiger partial charge in [-0.2, -0.15) is 0 Å². The molecule has 10 nitrogen and oxygen atoms in total. The van der Waals surface area contributed by atoms with Gasteiger partial charge in [0.25, 0.3) is 5.91 Å². The van der Waals surface area contributed by atoms with Crippen LogP contribution in [-0.2, 0) is 20.4 Å². The van der Waals surface area contributed by atoms with Gasteiger partial charge in [0.2, 0.25) is 9.84 Å². The number of imidazole rings is 1. The van der Waals surface area contributed by atoms with E-state index < -0.39 is 15.7 Å². The summed E-state index contributed by atoms with van der Waals surface area (Å²) in [5.41, 5.74) is 8.64. The lowest BCUT2D eigenvalue weighted by Gasteiger charge is -2.11. The molecule has 37 heavy (non-hydrogen) atoms. The molecule has 0 spiro atoms. The zero-order chi connectivity index (χ0) is 26.7. The Bertz CT molecular complexity index is 1570. The number of carbonyl (C=O) groups is 1. The molecule has 3 N–H and O–H groups in total. The molecule has 12 heteroatoms. The Morgan fingerprint density at radius 3 is 2.46 bits per heavy atom. The minimum Gasteiger partial charge on any atom is -0.497 e. The second kappa shape index (κ2) is 10.7. The third kappa shape index (κ3) is 5.49. The fourth-order valence-corrected chi connectivity index (χ4v) is 6.11. The van der Waals surface area contributed by atoms with Crippen LogP contribution < -0.4 is 19.9 Å². The summed E-state index contributed by atoms with van der Waals surface area (Å²) >= 11 is 1.40. The van der Waals surface area contributed by atoms with Crippen molar-refractivity contribution in [2.24, 2.45) is 5.73 Å². The maximum Gasteiger partial charge on any atom is 0.255 e. The Hall–Kier alpha value is -3.77. The first-order valence-electron chi connectivity index (χ1n) is 11.1. The molecule has 0 saturated carbocycles. The number of fused-ring (bicyclic) bond motifs is 1. The number of carbonyl (C=O) groups excluding carboxylic acids is 1. The normalized spacial score (nSPS) is 11.5. The summed E-state index contributed by atoms with van der Waals surface area (Å²) in [6.07, 6.45) is 1.76. The van der Waals surface area contributed by atoms with Gasteiger partial charge >= 0.3 is 0 Å². The molecule has 1 amide bonds. The predicted molar refractivity (Wildman–Crippen MR) is 139 cm³/mol. The average molecular weight is 543 g/mol. The number of nitrogens with one attached hydrogen (secondary N) is 1. The molecule has 4 rings (SSSR count). The Balaban J connectivity index is 1.67. The van der Waals surface area contributed by atoms with Crippen LogP contribution in [0.5, 0.6) is 17.2 Å². The number of ether oxygens (including phenoxy) is 3. The Labute approximate surface area is 218 Å². The van der Waals surface area contributed by atoms with Gasteiger partial charge in [0.15, 0.2) is 11.8 Å². The second-order valence-electron chi connectivity index (χ2n) is 8.13. The zero-order valence-electron chi connectivity index (χ0n) is 20.7. The highest BCUT2D eigenvalue weighted by Crippen LogP contribution is 2.35. The largest absolute Gasteiger partial charge is 0.497 e. The van der Waals surface area contributed by atoms with Crippen molar-refractivity contribution >= 4 is 38.5 Å². The van der Waals surface area contributed by atoms with Crippen LogP contribution in [0.2, 0.25) is 0 Å². The van der Waals surface area contributed by atoms with Crippen LogP contribution in [0.15, 0.2) is 57.5 Å². The minimum atomic E-state index is -3.97. The molecule has 0 aliphatic rings. The summed E-state index contributed by atoms with van der Waals surface area (Å²) in [4.78, 5) is 23.3. The molecule has 0 fully saturated rings. The van der Waals surface area contributed by atoms with Crippen molar-refractivity contribution in [1.29, 1.82) is 0 Å². The zero-order valence-corrected chi connectivity index (χ0v) is 22.3. The van der Waals surface area contributed by atoms with Gasteiger partial charge in [0, 0.05) is 35.2 Å². The number of rotatable bonds is 10. The maximum absolute atomic E-state index is 13.6. The van der Waals surface area contributed by atoms with E-state index in [-0.39, 0.29) is 16.4 Å². The number of nitrogens with zero attached hydrogens (tertiary/aromatic N) is 2. The SMILES string of the molecule is COc1cc(S(=O)(=O)c2ccc(OCC(N)=O)cc2)c2nc(SCc3ncc(C)c(OC)c3C)[nH]c2c1. The summed E-state index contributed by atoms with van der Waals surface area (Å²) in [6, 6.07) is 8.87. The van der Waals surface area contributed by atoms with E-state index in [4.69, 9.17) is 19.9 Å². The van der Waals surface area contributed by atoms with E-state index in [1.807, 2.05) is 13.8 Å². The van der Waals surface area contributed by atoms with Crippen molar-refractivity contribution in [1.82, 2.24) is 15.0 Å². The monoisotopic (exact) mass is 542 g/mol. The highest BCUT2D eigenvalue weighted by molar-refractivity contribution is 7.98. The van der Waals surface area contributed by atoms with Crippen LogP contribution >= 0.6 is 11.8 Å². The number of aryl methyl sites for hydroxylation is 1. The Morgan fingerprint density at radius 1 is 1.08 bits per heavy atom. The molecule has 2 aromatic heterocycles. The molecule has 0 aliphatic carbocycles. The summed E-state index contributed by atoms with van der Waals surface area (Å²) in [7, 11) is -0.875. The van der Waals surface area contributed by atoms with Crippen molar-refractivity contribution in [2.75, 3.05) is 20.8 Å². The number of hydrogen-bond donors (Lipinski definition) is 2. The van der Waals surface area contributed by atoms with Crippen LogP contribution in [0.4, 0.5) is 0 Å². The molecule has 0 unspecified atom stereocenters. The van der Waals surface area contributed by atoms with Gasteiger partial charge in [0.05, 0.1) is 30.3 Å². The number of pyridine rings is 1. The fourth-order valence-electron chi connectivity index (χ4n) is 3.78. The standard InChI is InChI=1S/C25H26N4O6S2/c1-14-11-27-20(15(2)24(14)34-4)13-36-25-28-19-9-17(33-3)10-21(23(19)29-25)37(31,32)18-7-5-16(6-8-18)35-12-22(26)30/h5-11H,12-13H2,1-4H3,(H2,26,30)(H,28,29). The number of nitrogens with two attached hydrogens (primary N) is 1. The van der Waals surface area contributed by atoms with Gasteiger partial charge < -0.3 is 24.9 Å². The van der Waals surface area contributed by atoms with Crippen LogP contribution in [0.3, 0.4) is 0 Å². The quantitative estimate of drug-likeness (QED) is 0.287. The van der Waals surface area contributed by atoms with Gasteiger partial charge in [-0.25, -0.2) is 13.4 Å². The molecule has 0 saturated heterocycles. The molecule has 2 aromatic carbocycles. The number of primary amides is 1. The molecule has 0 atom stereocenters. The number of benzene rings is 2. The van der Waals surface area contributed by atoms with Gasteiger partial charge in [-0.05, 0) is 38.1 Å². The lowest BCUT2D eigenvalue weighted by molar-refractivity contribution is -0.119. The van der Waals surface area contributed by atoms with E-state index in [9.17, 15) is 13.2 Å². The first-order chi connectivity index (χ1) is 17.6. The predicted octanol–water partition coefficient (Wildman–Crippen LogP) is 3.58. The molecule has 0 aliphatic heterocycles. The summed E-state index contributed by atoms with van der Waals surface area (Å²) < 4.78 is 43.2. The first kappa shape index (κ1) is 26.3. The van der Waals surface area contributed by atoms with Gasteiger partial charge in [-0.3, -0.25) is 9.78 Å². The Kier molecular flexibility index (Phi) is 7.60. The van der Waals surface area contributed by atoms with E-state index in [0.29, 0.717) is 33.4 Å². The average Bonchev–Trinajstić information content (AvgIpc) is 3.29. The smallest absolute Gasteiger partial charge is 0.255 e. The van der Waals surface area contributed by atoms with Gasteiger partial charge in [-0.15, -0.1) is 0 Å². The molecule has 0 radical (unpaired) electrons. The summed E-state index contributed by atoms with van der Waals surface area (Å²) in [5.74, 6) is 1.36. The lowest BCUT2D eigenvalue weighted by Crippen LogP contribution is -2.20. The van der Waals surface area contributed by atoms with E-state index in [2.05, 4.69) is 15.0 Å². The molecule has 0 bridgehead atoms. The van der Waals surface area contributed by atoms with E-state index in [0.717, 1.165) is 22.6 Å². The summed E-state index contributed by atoms with van der Waals surface area (Å²) in [5, 5.41) is 0.538. The molecule has 194 valence electrons. The third-order valence-corrected chi connectivity index (χ3v) is 8.31. The van der Waals surface area contributed by atoms with Crippen LogP contribution in [0.1, 0.15) is 16.8 Å². The number of H-pyrrole nitrogens is 1. The van der Waals surface area contributed by atoms with Crippen molar-refractivity contribution in [3.63, 3.8) is 0 Å². The van der Waals surface area contributed by atoms with Crippen molar-refractivity contribution in [3.8, 4) is 17.2 Å². The maximum atomic E-state index is 13.6. The van der Waals surface area contributed by atoms with Crippen LogP contribution in [0.25, 0.3) is 11.0 Å². The van der Waals surface area contributed by atoms with E-state index in [1.165, 1.54) is 49.2 Å². The number of aromatic nitrogens is 3. The fraction of sp³-hybridized carbons (Fsp3) is 0.240. The number of thioether (sulfide) groups is 1. The van der Waals surface area contributed by atoms with Crippen molar-refractivity contribution < 1.29 is 27.4 Å². The lowest BCUT2D eigenvalue weighted by atomic mass is 10.1. The highest BCUT2D eigenvalue weighted by atomic mass is 32.2. The van der Waals surface area contributed by atoms with E-state index in [1.54, 1.807) is 19.4 Å². The van der Waals surface area contributed by atoms with Crippen LogP contribution in [0, 0.1) is 13.8 Å². The first-order valence-corrected chi connectivity index (χ1v) is 13.6. The molecule has 2 heterocycles. The second-order valence-corrected chi connectivity index (χ2v) is 11.0. The van der Waals surface area contributed by atoms with E-state index >= 15 is 0 Å². The van der Waals surface area contributed by atoms with Gasteiger partial charge in [0.1, 0.15) is 27.7 Å². The number of hydrogen-bond acceptors (Lipinski definition) is 9. The summed E-state index contributed by atoms with van der Waals surface area (Å²) in [6.45, 7) is 3.58. The number of methoxy groups -OCH3 is 2. The number of amides is 1. The van der Waals surface area contributed by atoms with Crippen molar-refractivity contribution in [3.05, 3.63) is 59.4 Å². The number of aromatic amines is 1. The van der Waals surface area contributed by atoms with Crippen LogP contribution in [-0.4, -0.2) is 50.1 Å². The highest BCUT2D eigenvalue weighted by Gasteiger charge is 2.24. The van der Waals surface area contributed by atoms with Gasteiger partial charge in [-0.1, -0.05) is 11.8 Å². The molecular formula is C25H26N4O6S2. The number of sulfone groups is 1. The topological polar surface area (TPSA) is 146 Å². The third-order valence-electron chi connectivity index (χ3n) is 5.64. The molecular weight excluding hydrogens is 516 g/mol.